The molecule has 2 aliphatic carbocycles. The number of likely N-dealkylation sites (tertiary alicyclic amines) is 1. The van der Waals surface area contributed by atoms with Gasteiger partial charge in [0.05, 0.1) is 24.1 Å². The molecule has 2 aliphatic heterocycles. The van der Waals surface area contributed by atoms with Crippen LogP contribution in [-0.4, -0.2) is 64.9 Å². The monoisotopic (exact) mass is 476 g/mol. The van der Waals surface area contributed by atoms with Crippen LogP contribution in [0.15, 0.2) is 48.5 Å². The number of hydrogen-bond donors (Lipinski definition) is 2. The number of amides is 2. The Morgan fingerprint density at radius 1 is 1.06 bits per heavy atom. The van der Waals surface area contributed by atoms with Gasteiger partial charge in [0.25, 0.3) is 0 Å². The number of nitrogens with one attached hydrogen (secondary N) is 1. The molecule has 2 aromatic carbocycles. The van der Waals surface area contributed by atoms with Crippen LogP contribution in [0, 0.1) is 0 Å². The minimum atomic E-state index is -1.01. The second-order valence-electron chi connectivity index (χ2n) is 10.1. The molecule has 2 aromatic rings. The van der Waals surface area contributed by atoms with Crippen LogP contribution in [0.3, 0.4) is 0 Å². The molecule has 8 nitrogen and oxygen atoms in total. The van der Waals surface area contributed by atoms with Crippen molar-refractivity contribution in [3.63, 3.8) is 0 Å². The molecule has 2 heterocycles. The first-order chi connectivity index (χ1) is 17.0. The first kappa shape index (κ1) is 22.1. The van der Waals surface area contributed by atoms with Crippen LogP contribution in [-0.2, 0) is 19.1 Å². The number of ether oxygens (including phenoxy) is 2. The maximum Gasteiger partial charge on any atom is 0.407 e. The quantitative estimate of drug-likeness (QED) is 0.663. The molecule has 4 aliphatic rings. The van der Waals surface area contributed by atoms with Crippen molar-refractivity contribution in [3.8, 4) is 11.1 Å². The average Bonchev–Trinajstić information content (AvgIpc) is 3.19. The molecule has 1 saturated carbocycles. The second kappa shape index (κ2) is 8.37. The van der Waals surface area contributed by atoms with Gasteiger partial charge in [-0.3, -0.25) is 4.79 Å². The van der Waals surface area contributed by atoms with E-state index in [2.05, 4.69) is 29.6 Å². The van der Waals surface area contributed by atoms with Gasteiger partial charge in [0.15, 0.2) is 0 Å². The molecule has 2 saturated heterocycles. The third-order valence-corrected chi connectivity index (χ3v) is 7.95. The summed E-state index contributed by atoms with van der Waals surface area (Å²) in [7, 11) is 0. The SMILES string of the molecule is O=C(NC1(CC(=O)N2C(C(=O)O)C[C@@H]3OCC[C@@H]32)CC1)OCC1c2ccccc2-c2ccccc21. The molecule has 0 radical (unpaired) electrons. The summed E-state index contributed by atoms with van der Waals surface area (Å²) in [6, 6.07) is 15.2. The predicted molar refractivity (Wildman–Crippen MR) is 126 cm³/mol. The van der Waals surface area contributed by atoms with E-state index in [0.717, 1.165) is 22.3 Å². The molecular formula is C27H28N2O6. The number of benzene rings is 2. The third-order valence-electron chi connectivity index (χ3n) is 7.95. The average molecular weight is 477 g/mol. The highest BCUT2D eigenvalue weighted by Gasteiger charge is 2.53. The van der Waals surface area contributed by atoms with Crippen LogP contribution in [0.1, 0.15) is 49.1 Å². The van der Waals surface area contributed by atoms with Crippen LogP contribution < -0.4 is 5.32 Å². The molecular weight excluding hydrogens is 448 g/mol. The lowest BCUT2D eigenvalue weighted by Crippen LogP contribution is -2.49. The van der Waals surface area contributed by atoms with Crippen LogP contribution >= 0.6 is 0 Å². The summed E-state index contributed by atoms with van der Waals surface area (Å²) >= 11 is 0. The Hall–Kier alpha value is -3.39. The molecule has 8 heteroatoms. The van der Waals surface area contributed by atoms with Gasteiger partial charge in [-0.25, -0.2) is 9.59 Å². The third kappa shape index (κ3) is 3.86. The highest BCUT2D eigenvalue weighted by Crippen LogP contribution is 2.45. The Morgan fingerprint density at radius 2 is 1.71 bits per heavy atom. The number of fused-ring (bicyclic) bond motifs is 4. The summed E-state index contributed by atoms with van der Waals surface area (Å²) < 4.78 is 11.3. The number of alkyl carbamates (subject to hydrolysis) is 1. The highest BCUT2D eigenvalue weighted by molar-refractivity contribution is 5.86. The van der Waals surface area contributed by atoms with Gasteiger partial charge < -0.3 is 24.8 Å². The summed E-state index contributed by atoms with van der Waals surface area (Å²) in [5.41, 5.74) is 3.93. The summed E-state index contributed by atoms with van der Waals surface area (Å²) in [4.78, 5) is 39.2. The van der Waals surface area contributed by atoms with Crippen LogP contribution in [0.2, 0.25) is 0 Å². The Balaban J connectivity index is 1.10. The topological polar surface area (TPSA) is 105 Å². The molecule has 0 bridgehead atoms. The smallest absolute Gasteiger partial charge is 0.407 e. The number of carboxylic acids is 1. The molecule has 2 N–H and O–H groups in total. The Labute approximate surface area is 203 Å². The lowest BCUT2D eigenvalue weighted by atomic mass is 9.98. The Morgan fingerprint density at radius 3 is 2.34 bits per heavy atom. The standard InChI is InChI=1S/C27H28N2O6/c30-24(29-21-9-12-34-23(21)13-22(29)25(31)32)14-27(10-11-27)28-26(33)35-15-20-18-7-3-1-5-16(18)17-6-2-4-8-19(17)20/h1-8,20-23H,9-15H2,(H,28,33)(H,31,32)/t21-,22?,23-/m0/s1. The zero-order chi connectivity index (χ0) is 24.2. The fourth-order valence-electron chi connectivity index (χ4n) is 6.05. The van der Waals surface area contributed by atoms with Gasteiger partial charge >= 0.3 is 12.1 Å². The molecule has 182 valence electrons. The van der Waals surface area contributed by atoms with Gasteiger partial charge in [0.2, 0.25) is 5.91 Å². The van der Waals surface area contributed by atoms with E-state index in [-0.39, 0.29) is 37.0 Å². The van der Waals surface area contributed by atoms with E-state index in [4.69, 9.17) is 9.47 Å². The molecule has 35 heavy (non-hydrogen) atoms. The molecule has 2 amide bonds. The Kier molecular flexibility index (Phi) is 5.29. The van der Waals surface area contributed by atoms with Crippen molar-refractivity contribution in [3.05, 3.63) is 59.7 Å². The molecule has 1 unspecified atom stereocenters. The van der Waals surface area contributed by atoms with E-state index in [9.17, 15) is 19.5 Å². The van der Waals surface area contributed by atoms with E-state index in [1.165, 1.54) is 4.90 Å². The molecule has 6 rings (SSSR count). The second-order valence-corrected chi connectivity index (χ2v) is 10.1. The highest BCUT2D eigenvalue weighted by atomic mass is 16.5. The van der Waals surface area contributed by atoms with Gasteiger partial charge in [0, 0.05) is 18.9 Å². The van der Waals surface area contributed by atoms with Crippen molar-refractivity contribution in [2.45, 2.75) is 61.7 Å². The zero-order valence-corrected chi connectivity index (χ0v) is 19.3. The van der Waals surface area contributed by atoms with Crippen LogP contribution in [0.4, 0.5) is 4.79 Å². The van der Waals surface area contributed by atoms with Crippen molar-refractivity contribution in [1.82, 2.24) is 10.2 Å². The van der Waals surface area contributed by atoms with Crippen molar-refractivity contribution < 1.29 is 29.0 Å². The number of carbonyl (C=O) groups is 3. The summed E-state index contributed by atoms with van der Waals surface area (Å²) in [6.45, 7) is 0.743. The maximum atomic E-state index is 13.2. The van der Waals surface area contributed by atoms with Gasteiger partial charge in [-0.1, -0.05) is 48.5 Å². The number of carboxylic acid groups (broad SMARTS) is 1. The number of aliphatic carboxylic acids is 1. The maximum absolute atomic E-state index is 13.2. The summed E-state index contributed by atoms with van der Waals surface area (Å²) in [5, 5.41) is 12.5. The van der Waals surface area contributed by atoms with Crippen molar-refractivity contribution in [1.29, 1.82) is 0 Å². The summed E-state index contributed by atoms with van der Waals surface area (Å²) in [6.07, 6.45) is 1.61. The van der Waals surface area contributed by atoms with E-state index in [1.807, 2.05) is 24.3 Å². The van der Waals surface area contributed by atoms with E-state index < -0.39 is 23.6 Å². The lowest BCUT2D eigenvalue weighted by molar-refractivity contribution is -0.150. The van der Waals surface area contributed by atoms with Gasteiger partial charge in [0.1, 0.15) is 12.6 Å². The normalized spacial score (nSPS) is 25.5. The molecule has 0 spiro atoms. The van der Waals surface area contributed by atoms with Gasteiger partial charge in [-0.05, 0) is 41.5 Å². The zero-order valence-electron chi connectivity index (χ0n) is 19.3. The lowest BCUT2D eigenvalue weighted by Gasteiger charge is -2.29. The fourth-order valence-corrected chi connectivity index (χ4v) is 6.05. The first-order valence-electron chi connectivity index (χ1n) is 12.2. The molecule has 3 atom stereocenters. The number of rotatable bonds is 6. The van der Waals surface area contributed by atoms with E-state index in [1.54, 1.807) is 0 Å². The first-order valence-corrected chi connectivity index (χ1v) is 12.2. The van der Waals surface area contributed by atoms with Crippen molar-refractivity contribution in [2.75, 3.05) is 13.2 Å². The van der Waals surface area contributed by atoms with Gasteiger partial charge in [-0.2, -0.15) is 0 Å². The minimum Gasteiger partial charge on any atom is -0.480 e. The van der Waals surface area contributed by atoms with Crippen molar-refractivity contribution in [2.24, 2.45) is 0 Å². The predicted octanol–water partition coefficient (Wildman–Crippen LogP) is 3.29. The van der Waals surface area contributed by atoms with Crippen LogP contribution in [0.25, 0.3) is 11.1 Å². The van der Waals surface area contributed by atoms with E-state index in [0.29, 0.717) is 32.3 Å². The molecule has 0 aromatic heterocycles. The van der Waals surface area contributed by atoms with Crippen molar-refractivity contribution >= 4 is 18.0 Å². The number of nitrogens with zero attached hydrogens (tertiary/aromatic N) is 1. The number of carbonyl (C=O) groups excluding carboxylic acids is 2. The van der Waals surface area contributed by atoms with E-state index >= 15 is 0 Å². The largest absolute Gasteiger partial charge is 0.480 e. The summed E-state index contributed by atoms with van der Waals surface area (Å²) in [5.74, 6) is -1.29. The molecule has 3 fully saturated rings. The minimum absolute atomic E-state index is 0.0369. The van der Waals surface area contributed by atoms with Gasteiger partial charge in [-0.15, -0.1) is 0 Å². The van der Waals surface area contributed by atoms with Crippen LogP contribution in [0.5, 0.6) is 0 Å². The Bertz CT molecular complexity index is 1150. The fraction of sp³-hybridized carbons (Fsp3) is 0.444. The number of hydrogen-bond acceptors (Lipinski definition) is 5.